The van der Waals surface area contributed by atoms with E-state index >= 15 is 0 Å². The van der Waals surface area contributed by atoms with Crippen LogP contribution in [0.1, 0.15) is 23.7 Å². The van der Waals surface area contributed by atoms with Gasteiger partial charge >= 0.3 is 0 Å². The third-order valence-electron chi connectivity index (χ3n) is 5.06. The van der Waals surface area contributed by atoms with E-state index in [4.69, 9.17) is 16.1 Å². The SMILES string of the molecule is C[C@H]1Cc2noc(-c3ccccc3Cl)c2CN1C(=O)Cc1cc(F)c(F)c(F)c1. The Balaban J connectivity index is 1.61. The number of aromatic nitrogens is 1. The Bertz CT molecular complexity index is 1080. The molecular weight excluding hydrogens is 405 g/mol. The summed E-state index contributed by atoms with van der Waals surface area (Å²) in [6.45, 7) is 2.09. The predicted molar refractivity (Wildman–Crippen MR) is 101 cm³/mol. The maximum absolute atomic E-state index is 13.5. The first-order valence-corrected chi connectivity index (χ1v) is 9.38. The maximum atomic E-state index is 13.5. The van der Waals surface area contributed by atoms with Gasteiger partial charge in [-0.05, 0) is 36.8 Å². The molecule has 0 N–H and O–H groups in total. The number of nitrogens with zero attached hydrogens (tertiary/aromatic N) is 2. The van der Waals surface area contributed by atoms with E-state index in [2.05, 4.69) is 5.16 Å². The van der Waals surface area contributed by atoms with E-state index < -0.39 is 17.5 Å². The van der Waals surface area contributed by atoms with Gasteiger partial charge < -0.3 is 9.42 Å². The summed E-state index contributed by atoms with van der Waals surface area (Å²) < 4.78 is 45.6. The molecule has 1 aliphatic heterocycles. The number of benzene rings is 2. The summed E-state index contributed by atoms with van der Waals surface area (Å²) in [6.07, 6.45) is 0.224. The van der Waals surface area contributed by atoms with Crippen LogP contribution in [0.4, 0.5) is 13.2 Å². The summed E-state index contributed by atoms with van der Waals surface area (Å²) in [7, 11) is 0. The van der Waals surface area contributed by atoms with Gasteiger partial charge in [0.2, 0.25) is 5.91 Å². The van der Waals surface area contributed by atoms with Gasteiger partial charge in [-0.15, -0.1) is 0 Å². The molecule has 0 saturated carbocycles. The number of halogens is 4. The number of fused-ring (bicyclic) bond motifs is 1. The molecule has 0 unspecified atom stereocenters. The minimum absolute atomic E-state index is 0.0704. The molecule has 0 fully saturated rings. The van der Waals surface area contributed by atoms with Gasteiger partial charge in [0.25, 0.3) is 0 Å². The van der Waals surface area contributed by atoms with Crippen molar-refractivity contribution in [2.24, 2.45) is 0 Å². The van der Waals surface area contributed by atoms with Gasteiger partial charge in [0.05, 0.1) is 23.7 Å². The van der Waals surface area contributed by atoms with Crippen molar-refractivity contribution < 1.29 is 22.5 Å². The third-order valence-corrected chi connectivity index (χ3v) is 5.39. The van der Waals surface area contributed by atoms with Gasteiger partial charge in [-0.25, -0.2) is 13.2 Å². The molecule has 29 heavy (non-hydrogen) atoms. The lowest BCUT2D eigenvalue weighted by molar-refractivity contribution is -0.133. The highest BCUT2D eigenvalue weighted by Gasteiger charge is 2.32. The monoisotopic (exact) mass is 420 g/mol. The maximum Gasteiger partial charge on any atom is 0.227 e. The highest BCUT2D eigenvalue weighted by atomic mass is 35.5. The van der Waals surface area contributed by atoms with E-state index in [-0.39, 0.29) is 30.5 Å². The molecule has 1 aliphatic rings. The topological polar surface area (TPSA) is 46.3 Å². The summed E-state index contributed by atoms with van der Waals surface area (Å²) in [6, 6.07) is 8.65. The molecule has 1 atom stereocenters. The molecule has 0 spiro atoms. The molecule has 150 valence electrons. The first kappa shape index (κ1) is 19.5. The van der Waals surface area contributed by atoms with E-state index in [0.717, 1.165) is 23.4 Å². The van der Waals surface area contributed by atoms with Crippen LogP contribution in [-0.4, -0.2) is 22.0 Å². The molecule has 0 saturated heterocycles. The summed E-state index contributed by atoms with van der Waals surface area (Å²) in [5.41, 5.74) is 2.24. The zero-order chi connectivity index (χ0) is 20.7. The molecule has 0 radical (unpaired) electrons. The third kappa shape index (κ3) is 3.62. The normalized spacial score (nSPS) is 16.0. The number of amides is 1. The van der Waals surface area contributed by atoms with Crippen molar-refractivity contribution in [1.82, 2.24) is 10.1 Å². The number of hydrogen-bond donors (Lipinski definition) is 0. The number of carbonyl (C=O) groups is 1. The molecule has 1 amide bonds. The van der Waals surface area contributed by atoms with Gasteiger partial charge in [0.1, 0.15) is 0 Å². The molecule has 2 aromatic carbocycles. The number of rotatable bonds is 3. The van der Waals surface area contributed by atoms with Crippen molar-refractivity contribution in [2.75, 3.05) is 0 Å². The molecule has 2 heterocycles. The van der Waals surface area contributed by atoms with E-state index in [1.807, 2.05) is 13.0 Å². The Morgan fingerprint density at radius 2 is 1.93 bits per heavy atom. The van der Waals surface area contributed by atoms with E-state index in [0.29, 0.717) is 22.8 Å². The average Bonchev–Trinajstić information content (AvgIpc) is 3.08. The number of hydrogen-bond acceptors (Lipinski definition) is 3. The van der Waals surface area contributed by atoms with E-state index in [9.17, 15) is 18.0 Å². The van der Waals surface area contributed by atoms with Crippen molar-refractivity contribution in [3.05, 3.63) is 75.7 Å². The molecule has 3 aromatic rings. The van der Waals surface area contributed by atoms with Crippen LogP contribution in [0.25, 0.3) is 11.3 Å². The van der Waals surface area contributed by atoms with Crippen molar-refractivity contribution in [3.8, 4) is 11.3 Å². The second-order valence-electron chi connectivity index (χ2n) is 7.04. The second kappa shape index (κ2) is 7.55. The lowest BCUT2D eigenvalue weighted by Gasteiger charge is -2.33. The van der Waals surface area contributed by atoms with Crippen LogP contribution in [0.3, 0.4) is 0 Å². The molecule has 8 heteroatoms. The molecule has 4 nitrogen and oxygen atoms in total. The van der Waals surface area contributed by atoms with Gasteiger partial charge in [-0.1, -0.05) is 28.9 Å². The van der Waals surface area contributed by atoms with Crippen molar-refractivity contribution in [3.63, 3.8) is 0 Å². The lowest BCUT2D eigenvalue weighted by atomic mass is 9.96. The minimum Gasteiger partial charge on any atom is -0.356 e. The Labute approximate surface area is 169 Å². The van der Waals surface area contributed by atoms with E-state index in [1.165, 1.54) is 0 Å². The smallest absolute Gasteiger partial charge is 0.227 e. The minimum atomic E-state index is -1.55. The molecule has 0 bridgehead atoms. The van der Waals surface area contributed by atoms with Gasteiger partial charge in [-0.3, -0.25) is 4.79 Å². The van der Waals surface area contributed by atoms with Crippen LogP contribution in [0, 0.1) is 17.5 Å². The van der Waals surface area contributed by atoms with Gasteiger partial charge in [0, 0.05) is 23.6 Å². The largest absolute Gasteiger partial charge is 0.356 e. The van der Waals surface area contributed by atoms with Crippen LogP contribution >= 0.6 is 11.6 Å². The Morgan fingerprint density at radius 3 is 2.62 bits per heavy atom. The zero-order valence-corrected chi connectivity index (χ0v) is 16.1. The first-order chi connectivity index (χ1) is 13.8. The first-order valence-electron chi connectivity index (χ1n) is 9.00. The number of carbonyl (C=O) groups excluding carboxylic acids is 1. The van der Waals surface area contributed by atoms with Crippen molar-refractivity contribution in [2.45, 2.75) is 32.4 Å². The fourth-order valence-electron chi connectivity index (χ4n) is 3.56. The van der Waals surface area contributed by atoms with Crippen molar-refractivity contribution in [1.29, 1.82) is 0 Å². The molecule has 4 rings (SSSR count). The second-order valence-corrected chi connectivity index (χ2v) is 7.45. The van der Waals surface area contributed by atoms with Crippen LogP contribution in [0.15, 0.2) is 40.9 Å². The molecule has 1 aromatic heterocycles. The quantitative estimate of drug-likeness (QED) is 0.564. The van der Waals surface area contributed by atoms with Crippen LogP contribution < -0.4 is 0 Å². The summed E-state index contributed by atoms with van der Waals surface area (Å²) in [5, 5.41) is 4.62. The summed E-state index contributed by atoms with van der Waals surface area (Å²) in [4.78, 5) is 14.4. The fourth-order valence-corrected chi connectivity index (χ4v) is 3.78. The Morgan fingerprint density at radius 1 is 1.24 bits per heavy atom. The predicted octanol–water partition coefficient (Wildman–Crippen LogP) is 4.93. The van der Waals surface area contributed by atoms with Crippen molar-refractivity contribution >= 4 is 17.5 Å². The summed E-state index contributed by atoms with van der Waals surface area (Å²) >= 11 is 6.27. The van der Waals surface area contributed by atoms with E-state index in [1.54, 1.807) is 23.1 Å². The van der Waals surface area contributed by atoms with Gasteiger partial charge in [0.15, 0.2) is 23.2 Å². The van der Waals surface area contributed by atoms with Gasteiger partial charge in [-0.2, -0.15) is 0 Å². The fraction of sp³-hybridized carbons (Fsp3) is 0.238. The van der Waals surface area contributed by atoms with Crippen LogP contribution in [0.5, 0.6) is 0 Å². The Hall–Kier alpha value is -2.80. The standard InChI is InChI=1S/C21H16ClF3N2O2/c1-11-6-18-14(21(29-26-18)13-4-2-3-5-15(13)22)10-27(11)19(28)9-12-7-16(23)20(25)17(24)8-12/h2-5,7-8,11H,6,9-10H2,1H3/t11-/m0/s1. The molecular formula is C21H16ClF3N2O2. The van der Waals surface area contributed by atoms with Crippen LogP contribution in [-0.2, 0) is 24.2 Å². The van der Waals surface area contributed by atoms with Crippen LogP contribution in [0.2, 0.25) is 5.02 Å². The summed E-state index contributed by atoms with van der Waals surface area (Å²) in [5.74, 6) is -4.02. The lowest BCUT2D eigenvalue weighted by Crippen LogP contribution is -2.43. The highest BCUT2D eigenvalue weighted by Crippen LogP contribution is 2.36. The molecule has 0 aliphatic carbocycles. The Kier molecular flexibility index (Phi) is 5.08. The highest BCUT2D eigenvalue weighted by molar-refractivity contribution is 6.33. The zero-order valence-electron chi connectivity index (χ0n) is 15.4. The average molecular weight is 421 g/mol.